The molecule has 0 spiro atoms. The smallest absolute Gasteiger partial charge is 0.444 e. The Morgan fingerprint density at radius 2 is 1.68 bits per heavy atom. The summed E-state index contributed by atoms with van der Waals surface area (Å²) in [6, 6.07) is 11.8. The number of anilines is 1. The lowest BCUT2D eigenvalue weighted by molar-refractivity contribution is -0.274. The number of benzene rings is 2. The van der Waals surface area contributed by atoms with Gasteiger partial charge in [-0.1, -0.05) is 43.2 Å². The summed E-state index contributed by atoms with van der Waals surface area (Å²) in [6.45, 7) is 5.29. The number of aryl methyl sites for hydroxylation is 1. The number of para-hydroxylation sites is 1. The number of nitrogens with one attached hydrogen (secondary N) is 2. The Kier molecular flexibility index (Phi) is 8.32. The van der Waals surface area contributed by atoms with E-state index in [1.807, 2.05) is 12.1 Å². The summed E-state index contributed by atoms with van der Waals surface area (Å²) in [5.74, 6) is -1.14. The van der Waals surface area contributed by atoms with Crippen LogP contribution in [0.25, 0.3) is 0 Å². The molecule has 0 bridgehead atoms. The molecule has 216 valence electrons. The molecule has 2 aromatic carbocycles. The largest absolute Gasteiger partial charge is 0.573 e. The van der Waals surface area contributed by atoms with Crippen molar-refractivity contribution in [1.82, 2.24) is 10.6 Å². The third kappa shape index (κ3) is 7.25. The first kappa shape index (κ1) is 29.2. The van der Waals surface area contributed by atoms with Gasteiger partial charge in [0.05, 0.1) is 6.54 Å². The summed E-state index contributed by atoms with van der Waals surface area (Å²) in [5, 5.41) is 5.67. The lowest BCUT2D eigenvalue weighted by atomic mass is 9.95. The highest BCUT2D eigenvalue weighted by Crippen LogP contribution is 2.33. The Balaban J connectivity index is 1.54. The second-order valence-electron chi connectivity index (χ2n) is 11.2. The Morgan fingerprint density at radius 1 is 1.02 bits per heavy atom. The number of nitrogens with zero attached hydrogens (tertiary/aromatic N) is 1. The Bertz CT molecular complexity index is 1230. The zero-order chi connectivity index (χ0) is 29.1. The van der Waals surface area contributed by atoms with E-state index in [1.165, 1.54) is 29.2 Å². The standard InChI is InChI=1S/C29H34F3N3O5/c1-27(2,3)40-26(38)34-28(16-6-7-17-28)25(37)33-22-15-12-20-8-4-5-9-23(20)35(24(22)36)18-19-10-13-21(14-11-19)39-29(30,31)32/h4-5,8-11,13-14,22H,6-7,12,15-18H2,1-3H3,(H,33,37)(H,34,38). The van der Waals surface area contributed by atoms with Crippen molar-refractivity contribution < 1.29 is 37.0 Å². The second kappa shape index (κ2) is 11.4. The first-order valence-corrected chi connectivity index (χ1v) is 13.3. The molecule has 1 heterocycles. The summed E-state index contributed by atoms with van der Waals surface area (Å²) in [6.07, 6.45) is -2.29. The topological polar surface area (TPSA) is 97.0 Å². The van der Waals surface area contributed by atoms with E-state index in [2.05, 4.69) is 15.4 Å². The number of ether oxygens (including phenoxy) is 2. The zero-order valence-corrected chi connectivity index (χ0v) is 22.8. The maximum Gasteiger partial charge on any atom is 0.573 e. The molecule has 2 aliphatic rings. The molecule has 3 amide bonds. The van der Waals surface area contributed by atoms with Crippen LogP contribution in [-0.4, -0.2) is 41.5 Å². The summed E-state index contributed by atoms with van der Waals surface area (Å²) < 4.78 is 47.0. The van der Waals surface area contributed by atoms with E-state index in [9.17, 15) is 27.6 Å². The van der Waals surface area contributed by atoms with Gasteiger partial charge in [0.2, 0.25) is 11.8 Å². The number of carbonyl (C=O) groups is 3. The molecule has 1 aliphatic carbocycles. The molecule has 1 aliphatic heterocycles. The van der Waals surface area contributed by atoms with E-state index < -0.39 is 35.5 Å². The van der Waals surface area contributed by atoms with E-state index >= 15 is 0 Å². The number of hydrogen-bond acceptors (Lipinski definition) is 5. The molecule has 0 radical (unpaired) electrons. The minimum atomic E-state index is -4.80. The van der Waals surface area contributed by atoms with Crippen LogP contribution in [0, 0.1) is 0 Å². The zero-order valence-electron chi connectivity index (χ0n) is 22.8. The fourth-order valence-corrected chi connectivity index (χ4v) is 5.17. The molecule has 11 heteroatoms. The van der Waals surface area contributed by atoms with Crippen LogP contribution in [0.3, 0.4) is 0 Å². The number of alkyl carbamates (subject to hydrolysis) is 1. The fourth-order valence-electron chi connectivity index (χ4n) is 5.17. The van der Waals surface area contributed by atoms with Gasteiger partial charge in [-0.05, 0) is 75.8 Å². The van der Waals surface area contributed by atoms with Gasteiger partial charge in [0.1, 0.15) is 22.9 Å². The third-order valence-electron chi connectivity index (χ3n) is 6.98. The highest BCUT2D eigenvalue weighted by atomic mass is 19.4. The molecule has 0 saturated heterocycles. The monoisotopic (exact) mass is 561 g/mol. The van der Waals surface area contributed by atoms with E-state index in [0.717, 1.165) is 18.4 Å². The van der Waals surface area contributed by atoms with Crippen LogP contribution in [0.1, 0.15) is 64.0 Å². The number of fused-ring (bicyclic) bond motifs is 1. The minimum Gasteiger partial charge on any atom is -0.444 e. The average molecular weight is 562 g/mol. The molecule has 2 N–H and O–H groups in total. The van der Waals surface area contributed by atoms with Crippen LogP contribution in [-0.2, 0) is 27.3 Å². The van der Waals surface area contributed by atoms with Crippen LogP contribution in [0.4, 0.5) is 23.7 Å². The van der Waals surface area contributed by atoms with Gasteiger partial charge in [0, 0.05) is 5.69 Å². The van der Waals surface area contributed by atoms with E-state index in [1.54, 1.807) is 32.9 Å². The van der Waals surface area contributed by atoms with Gasteiger partial charge in [-0.3, -0.25) is 9.59 Å². The molecule has 1 saturated carbocycles. The first-order chi connectivity index (χ1) is 18.7. The van der Waals surface area contributed by atoms with E-state index in [0.29, 0.717) is 36.9 Å². The Labute approximate surface area is 231 Å². The minimum absolute atomic E-state index is 0.0792. The number of rotatable bonds is 6. The lowest BCUT2D eigenvalue weighted by Crippen LogP contribution is -2.61. The highest BCUT2D eigenvalue weighted by molar-refractivity contribution is 6.02. The van der Waals surface area contributed by atoms with Crippen molar-refractivity contribution in [1.29, 1.82) is 0 Å². The van der Waals surface area contributed by atoms with Gasteiger partial charge < -0.3 is 25.0 Å². The predicted molar refractivity (Wildman–Crippen MR) is 142 cm³/mol. The number of halogens is 3. The van der Waals surface area contributed by atoms with Crippen molar-refractivity contribution >= 4 is 23.6 Å². The molecular weight excluding hydrogens is 527 g/mol. The molecule has 1 fully saturated rings. The van der Waals surface area contributed by atoms with Gasteiger partial charge in [0.15, 0.2) is 0 Å². The molecule has 1 unspecified atom stereocenters. The van der Waals surface area contributed by atoms with Crippen molar-refractivity contribution in [3.05, 3.63) is 59.7 Å². The van der Waals surface area contributed by atoms with E-state index in [4.69, 9.17) is 4.74 Å². The number of carbonyl (C=O) groups excluding carboxylic acids is 3. The van der Waals surface area contributed by atoms with Crippen LogP contribution in [0.15, 0.2) is 48.5 Å². The third-order valence-corrected chi connectivity index (χ3v) is 6.98. The van der Waals surface area contributed by atoms with Crippen LogP contribution < -0.4 is 20.3 Å². The quantitative estimate of drug-likeness (QED) is 0.493. The summed E-state index contributed by atoms with van der Waals surface area (Å²) in [4.78, 5) is 41.6. The Morgan fingerprint density at radius 3 is 2.30 bits per heavy atom. The SMILES string of the molecule is CC(C)(C)OC(=O)NC1(C(=O)NC2CCc3ccccc3N(Cc3ccc(OC(F)(F)F)cc3)C2=O)CCCC1. The van der Waals surface area contributed by atoms with Crippen molar-refractivity contribution in [2.75, 3.05) is 4.90 Å². The molecule has 1 atom stereocenters. The number of alkyl halides is 3. The van der Waals surface area contributed by atoms with Crippen molar-refractivity contribution in [3.8, 4) is 5.75 Å². The molecule has 8 nitrogen and oxygen atoms in total. The predicted octanol–water partition coefficient (Wildman–Crippen LogP) is 5.39. The Hall–Kier alpha value is -3.76. The highest BCUT2D eigenvalue weighted by Gasteiger charge is 2.45. The maximum atomic E-state index is 13.9. The lowest BCUT2D eigenvalue weighted by Gasteiger charge is -2.33. The van der Waals surface area contributed by atoms with Crippen LogP contribution in [0.2, 0.25) is 0 Å². The second-order valence-corrected chi connectivity index (χ2v) is 11.2. The molecule has 40 heavy (non-hydrogen) atoms. The fraction of sp³-hybridized carbons (Fsp3) is 0.483. The summed E-state index contributed by atoms with van der Waals surface area (Å²) >= 11 is 0. The number of amides is 3. The maximum absolute atomic E-state index is 13.9. The van der Waals surface area contributed by atoms with Gasteiger partial charge in [-0.2, -0.15) is 0 Å². The van der Waals surface area contributed by atoms with Gasteiger partial charge in [-0.25, -0.2) is 4.79 Å². The van der Waals surface area contributed by atoms with Gasteiger partial charge in [-0.15, -0.1) is 13.2 Å². The molecule has 0 aromatic heterocycles. The van der Waals surface area contributed by atoms with Crippen molar-refractivity contribution in [2.45, 2.75) is 89.4 Å². The van der Waals surface area contributed by atoms with E-state index in [-0.39, 0.29) is 18.2 Å². The normalized spacial score (nSPS) is 18.9. The molecule has 2 aromatic rings. The van der Waals surface area contributed by atoms with Crippen LogP contribution >= 0.6 is 0 Å². The average Bonchev–Trinajstić information content (AvgIpc) is 3.28. The first-order valence-electron chi connectivity index (χ1n) is 13.3. The summed E-state index contributed by atoms with van der Waals surface area (Å²) in [5.41, 5.74) is 0.250. The van der Waals surface area contributed by atoms with Crippen molar-refractivity contribution in [2.24, 2.45) is 0 Å². The molecular formula is C29H34F3N3O5. The van der Waals surface area contributed by atoms with Gasteiger partial charge in [0.25, 0.3) is 0 Å². The van der Waals surface area contributed by atoms with Crippen LogP contribution in [0.5, 0.6) is 5.75 Å². The van der Waals surface area contributed by atoms with Gasteiger partial charge >= 0.3 is 12.5 Å². The van der Waals surface area contributed by atoms with Crippen molar-refractivity contribution in [3.63, 3.8) is 0 Å². The molecule has 4 rings (SSSR count). The number of hydrogen-bond donors (Lipinski definition) is 2. The summed E-state index contributed by atoms with van der Waals surface area (Å²) in [7, 11) is 0.